The van der Waals surface area contributed by atoms with Gasteiger partial charge in [-0.3, -0.25) is 0 Å². The molecule has 24 heavy (non-hydrogen) atoms. The van der Waals surface area contributed by atoms with Gasteiger partial charge in [0.1, 0.15) is 0 Å². The summed E-state index contributed by atoms with van der Waals surface area (Å²) in [5, 5.41) is 8.50. The summed E-state index contributed by atoms with van der Waals surface area (Å²) in [6.45, 7) is 0. The summed E-state index contributed by atoms with van der Waals surface area (Å²) in [7, 11) is 0. The molecule has 4 rings (SSSR count). The molecule has 0 saturated heterocycles. The Morgan fingerprint density at radius 1 is 1.08 bits per heavy atom. The summed E-state index contributed by atoms with van der Waals surface area (Å²) in [5.41, 5.74) is 12.3. The number of rotatable bonds is 5. The molecule has 0 amide bonds. The van der Waals surface area contributed by atoms with Crippen LogP contribution in [0.3, 0.4) is 0 Å². The van der Waals surface area contributed by atoms with Crippen molar-refractivity contribution in [1.29, 1.82) is 0 Å². The average Bonchev–Trinajstić information content (AvgIpc) is 3.24. The SMILES string of the molecule is NC(Cc1ccccc1)Cc1cn(-c2ccc3ncsc3c2)nn1. The quantitative estimate of drug-likeness (QED) is 0.609. The standard InChI is InChI=1S/C18H17N5S/c19-14(8-13-4-2-1-3-5-13)9-15-11-23(22-21-15)16-6-7-17-18(10-16)24-12-20-17/h1-7,10-12,14H,8-9,19H2. The predicted octanol–water partition coefficient (Wildman–Crippen LogP) is 2.99. The van der Waals surface area contributed by atoms with E-state index in [0.717, 1.165) is 28.0 Å². The third kappa shape index (κ3) is 3.20. The summed E-state index contributed by atoms with van der Waals surface area (Å²) in [5.74, 6) is 0. The predicted molar refractivity (Wildman–Crippen MR) is 96.4 cm³/mol. The van der Waals surface area contributed by atoms with E-state index in [1.165, 1.54) is 5.56 Å². The molecule has 0 aliphatic carbocycles. The third-order valence-corrected chi connectivity index (χ3v) is 4.72. The van der Waals surface area contributed by atoms with Crippen LogP contribution in [-0.4, -0.2) is 26.0 Å². The number of nitrogens with two attached hydrogens (primary N) is 1. The second-order valence-electron chi connectivity index (χ2n) is 5.81. The van der Waals surface area contributed by atoms with Gasteiger partial charge in [-0.25, -0.2) is 9.67 Å². The van der Waals surface area contributed by atoms with E-state index >= 15 is 0 Å². The maximum absolute atomic E-state index is 6.26. The van der Waals surface area contributed by atoms with Crippen molar-refractivity contribution < 1.29 is 0 Å². The zero-order valence-electron chi connectivity index (χ0n) is 13.0. The minimum Gasteiger partial charge on any atom is -0.327 e. The number of nitrogens with zero attached hydrogens (tertiary/aromatic N) is 4. The molecule has 0 radical (unpaired) electrons. The van der Waals surface area contributed by atoms with Crippen LogP contribution < -0.4 is 5.73 Å². The zero-order chi connectivity index (χ0) is 16.4. The van der Waals surface area contributed by atoms with Crippen molar-refractivity contribution in [3.63, 3.8) is 0 Å². The summed E-state index contributed by atoms with van der Waals surface area (Å²) in [6.07, 6.45) is 3.49. The van der Waals surface area contributed by atoms with Crippen molar-refractivity contribution in [2.45, 2.75) is 18.9 Å². The molecule has 0 aliphatic rings. The van der Waals surface area contributed by atoms with Crippen LogP contribution in [0.15, 0.2) is 60.2 Å². The molecule has 6 heteroatoms. The normalized spacial score (nSPS) is 12.5. The molecule has 2 aromatic carbocycles. The van der Waals surface area contributed by atoms with Crippen LogP contribution >= 0.6 is 11.3 Å². The monoisotopic (exact) mass is 335 g/mol. The van der Waals surface area contributed by atoms with Crippen LogP contribution in [0.5, 0.6) is 0 Å². The lowest BCUT2D eigenvalue weighted by atomic mass is 10.0. The molecule has 0 aliphatic heterocycles. The Bertz CT molecular complexity index is 944. The van der Waals surface area contributed by atoms with Gasteiger partial charge >= 0.3 is 0 Å². The average molecular weight is 335 g/mol. The van der Waals surface area contributed by atoms with Gasteiger partial charge in [0.05, 0.1) is 33.3 Å². The van der Waals surface area contributed by atoms with Crippen LogP contribution in [0.2, 0.25) is 0 Å². The Morgan fingerprint density at radius 3 is 2.83 bits per heavy atom. The second kappa shape index (κ2) is 6.51. The lowest BCUT2D eigenvalue weighted by molar-refractivity contribution is 0.652. The molecule has 5 nitrogen and oxygen atoms in total. The third-order valence-electron chi connectivity index (χ3n) is 3.93. The maximum Gasteiger partial charge on any atom is 0.0847 e. The van der Waals surface area contributed by atoms with Gasteiger partial charge < -0.3 is 5.73 Å². The van der Waals surface area contributed by atoms with Crippen molar-refractivity contribution in [2.75, 3.05) is 0 Å². The van der Waals surface area contributed by atoms with Crippen molar-refractivity contribution in [3.8, 4) is 5.69 Å². The van der Waals surface area contributed by atoms with Crippen molar-refractivity contribution in [2.24, 2.45) is 5.73 Å². The van der Waals surface area contributed by atoms with E-state index in [0.29, 0.717) is 6.42 Å². The second-order valence-corrected chi connectivity index (χ2v) is 6.70. The largest absolute Gasteiger partial charge is 0.327 e. The van der Waals surface area contributed by atoms with Gasteiger partial charge in [-0.15, -0.1) is 16.4 Å². The Hall–Kier alpha value is -2.57. The molecule has 0 saturated carbocycles. The molecular weight excluding hydrogens is 318 g/mol. The molecule has 0 fully saturated rings. The van der Waals surface area contributed by atoms with Crippen molar-refractivity contribution in [3.05, 3.63) is 71.5 Å². The van der Waals surface area contributed by atoms with E-state index in [1.807, 2.05) is 42.0 Å². The van der Waals surface area contributed by atoms with E-state index in [4.69, 9.17) is 5.73 Å². The van der Waals surface area contributed by atoms with Gasteiger partial charge in [0.15, 0.2) is 0 Å². The van der Waals surface area contributed by atoms with Gasteiger partial charge in [-0.05, 0) is 30.2 Å². The van der Waals surface area contributed by atoms with Gasteiger partial charge in [-0.2, -0.15) is 0 Å². The van der Waals surface area contributed by atoms with Gasteiger partial charge in [0.2, 0.25) is 0 Å². The highest BCUT2D eigenvalue weighted by molar-refractivity contribution is 7.16. The molecule has 2 N–H and O–H groups in total. The van der Waals surface area contributed by atoms with Crippen LogP contribution in [0.4, 0.5) is 0 Å². The first-order chi connectivity index (χ1) is 11.8. The van der Waals surface area contributed by atoms with E-state index in [-0.39, 0.29) is 6.04 Å². The van der Waals surface area contributed by atoms with Gasteiger partial charge in [-0.1, -0.05) is 35.5 Å². The van der Waals surface area contributed by atoms with Crippen LogP contribution in [0.25, 0.3) is 15.9 Å². The molecule has 2 heterocycles. The molecular formula is C18H17N5S. The highest BCUT2D eigenvalue weighted by Crippen LogP contribution is 2.21. The summed E-state index contributed by atoms with van der Waals surface area (Å²) in [4.78, 5) is 4.29. The molecule has 4 aromatic rings. The van der Waals surface area contributed by atoms with E-state index in [1.54, 1.807) is 16.0 Å². The first-order valence-corrected chi connectivity index (χ1v) is 8.70. The number of hydrogen-bond donors (Lipinski definition) is 1. The molecule has 120 valence electrons. The van der Waals surface area contributed by atoms with Crippen molar-refractivity contribution >= 4 is 21.6 Å². The first-order valence-electron chi connectivity index (χ1n) is 7.82. The number of aromatic nitrogens is 4. The lowest BCUT2D eigenvalue weighted by Crippen LogP contribution is -2.25. The Morgan fingerprint density at radius 2 is 1.96 bits per heavy atom. The smallest absolute Gasteiger partial charge is 0.0847 e. The molecule has 0 spiro atoms. The molecule has 0 bridgehead atoms. The van der Waals surface area contributed by atoms with Gasteiger partial charge in [0.25, 0.3) is 0 Å². The fourth-order valence-corrected chi connectivity index (χ4v) is 3.47. The highest BCUT2D eigenvalue weighted by atomic mass is 32.1. The van der Waals surface area contributed by atoms with Crippen LogP contribution in [-0.2, 0) is 12.8 Å². The van der Waals surface area contributed by atoms with Crippen LogP contribution in [0, 0.1) is 0 Å². The molecule has 1 atom stereocenters. The Kier molecular flexibility index (Phi) is 4.06. The zero-order valence-corrected chi connectivity index (χ0v) is 13.9. The fraction of sp³-hybridized carbons (Fsp3) is 0.167. The minimum atomic E-state index is 0.0292. The summed E-state index contributed by atoms with van der Waals surface area (Å²) >= 11 is 1.62. The van der Waals surface area contributed by atoms with E-state index in [9.17, 15) is 0 Å². The number of benzene rings is 2. The molecule has 2 aromatic heterocycles. The summed E-state index contributed by atoms with van der Waals surface area (Å²) in [6, 6.07) is 16.4. The highest BCUT2D eigenvalue weighted by Gasteiger charge is 2.10. The van der Waals surface area contributed by atoms with E-state index in [2.05, 4.69) is 33.5 Å². The minimum absolute atomic E-state index is 0.0292. The number of hydrogen-bond acceptors (Lipinski definition) is 5. The van der Waals surface area contributed by atoms with E-state index < -0.39 is 0 Å². The lowest BCUT2D eigenvalue weighted by Gasteiger charge is -2.09. The maximum atomic E-state index is 6.26. The fourth-order valence-electron chi connectivity index (χ4n) is 2.76. The Balaban J connectivity index is 1.48. The first kappa shape index (κ1) is 15.0. The summed E-state index contributed by atoms with van der Waals surface area (Å²) < 4.78 is 2.94. The van der Waals surface area contributed by atoms with Gasteiger partial charge in [0, 0.05) is 12.5 Å². The Labute approximate surface area is 143 Å². The van der Waals surface area contributed by atoms with Crippen molar-refractivity contribution in [1.82, 2.24) is 20.0 Å². The van der Waals surface area contributed by atoms with Crippen LogP contribution in [0.1, 0.15) is 11.3 Å². The number of fused-ring (bicyclic) bond motifs is 1. The topological polar surface area (TPSA) is 69.6 Å². The molecule has 1 unspecified atom stereocenters. The number of thiazole rings is 1.